The van der Waals surface area contributed by atoms with E-state index in [4.69, 9.17) is 0 Å². The van der Waals surface area contributed by atoms with Gasteiger partial charge in [0.15, 0.2) is 0 Å². The molecule has 0 saturated heterocycles. The summed E-state index contributed by atoms with van der Waals surface area (Å²) < 4.78 is 0.915. The molecular formula is C15H16BrN3O. The van der Waals surface area contributed by atoms with Crippen molar-refractivity contribution in [2.75, 3.05) is 5.32 Å². The first kappa shape index (κ1) is 14.7. The molecule has 2 aromatic rings. The Morgan fingerprint density at radius 3 is 2.70 bits per heavy atom. The van der Waals surface area contributed by atoms with Crippen LogP contribution in [0.25, 0.3) is 0 Å². The standard InChI is InChI=1S/C15H16BrN3O/c1-9(2)14-17-8-13(10(3)18-14)15(20)19-12-6-4-5-11(16)7-12/h4-9H,1-3H3,(H,19,20). The molecule has 20 heavy (non-hydrogen) atoms. The summed E-state index contributed by atoms with van der Waals surface area (Å²) in [6.45, 7) is 5.87. The third-order valence-corrected chi connectivity index (χ3v) is 3.33. The summed E-state index contributed by atoms with van der Waals surface area (Å²) in [6.07, 6.45) is 1.59. The van der Waals surface area contributed by atoms with Crippen molar-refractivity contribution < 1.29 is 4.79 Å². The van der Waals surface area contributed by atoms with Crippen LogP contribution in [0.3, 0.4) is 0 Å². The molecule has 4 nitrogen and oxygen atoms in total. The Morgan fingerprint density at radius 1 is 1.35 bits per heavy atom. The van der Waals surface area contributed by atoms with E-state index in [9.17, 15) is 4.79 Å². The first-order chi connectivity index (χ1) is 9.47. The Bertz CT molecular complexity index is 641. The highest BCUT2D eigenvalue weighted by Crippen LogP contribution is 2.17. The second-order valence-electron chi connectivity index (χ2n) is 4.85. The molecule has 1 amide bonds. The summed E-state index contributed by atoms with van der Waals surface area (Å²) in [5, 5.41) is 2.84. The number of benzene rings is 1. The normalized spacial score (nSPS) is 10.7. The summed E-state index contributed by atoms with van der Waals surface area (Å²) in [4.78, 5) is 20.8. The minimum atomic E-state index is -0.198. The van der Waals surface area contributed by atoms with Crippen molar-refractivity contribution >= 4 is 27.5 Å². The van der Waals surface area contributed by atoms with Crippen LogP contribution in [0.5, 0.6) is 0 Å². The second kappa shape index (κ2) is 6.13. The Morgan fingerprint density at radius 2 is 2.10 bits per heavy atom. The lowest BCUT2D eigenvalue weighted by Crippen LogP contribution is -2.15. The van der Waals surface area contributed by atoms with Crippen LogP contribution in [0.15, 0.2) is 34.9 Å². The van der Waals surface area contributed by atoms with Crippen LogP contribution in [0.1, 0.15) is 41.6 Å². The van der Waals surface area contributed by atoms with Gasteiger partial charge in [-0.3, -0.25) is 4.79 Å². The summed E-state index contributed by atoms with van der Waals surface area (Å²) >= 11 is 3.37. The molecule has 0 aliphatic carbocycles. The number of halogens is 1. The predicted molar refractivity (Wildman–Crippen MR) is 83.0 cm³/mol. The van der Waals surface area contributed by atoms with E-state index in [0.717, 1.165) is 16.0 Å². The molecule has 5 heteroatoms. The summed E-state index contributed by atoms with van der Waals surface area (Å²) in [6, 6.07) is 7.45. The lowest BCUT2D eigenvalue weighted by molar-refractivity contribution is 0.102. The van der Waals surface area contributed by atoms with Crippen LogP contribution < -0.4 is 5.32 Å². The van der Waals surface area contributed by atoms with Gasteiger partial charge in [-0.2, -0.15) is 0 Å². The number of rotatable bonds is 3. The number of amides is 1. The Kier molecular flexibility index (Phi) is 4.49. The molecule has 0 fully saturated rings. The molecule has 1 aromatic heterocycles. The molecule has 1 heterocycles. The smallest absolute Gasteiger partial charge is 0.259 e. The zero-order chi connectivity index (χ0) is 14.7. The minimum Gasteiger partial charge on any atom is -0.322 e. The van der Waals surface area contributed by atoms with E-state index in [1.165, 1.54) is 0 Å². The van der Waals surface area contributed by atoms with Crippen LogP contribution in [0, 0.1) is 6.92 Å². The quantitative estimate of drug-likeness (QED) is 0.925. The summed E-state index contributed by atoms with van der Waals surface area (Å²) in [5.41, 5.74) is 1.92. The first-order valence-corrected chi connectivity index (χ1v) is 7.17. The fourth-order valence-corrected chi connectivity index (χ4v) is 2.15. The summed E-state index contributed by atoms with van der Waals surface area (Å²) in [5.74, 6) is 0.799. The zero-order valence-corrected chi connectivity index (χ0v) is 13.2. The highest BCUT2D eigenvalue weighted by Gasteiger charge is 2.13. The molecule has 0 atom stereocenters. The molecular weight excluding hydrogens is 318 g/mol. The molecule has 1 aromatic carbocycles. The molecule has 0 spiro atoms. The van der Waals surface area contributed by atoms with Crippen molar-refractivity contribution in [1.29, 1.82) is 0 Å². The molecule has 1 N–H and O–H groups in total. The summed E-state index contributed by atoms with van der Waals surface area (Å²) in [7, 11) is 0. The van der Waals surface area contributed by atoms with E-state index in [2.05, 4.69) is 31.2 Å². The van der Waals surface area contributed by atoms with Crippen LogP contribution in [0.4, 0.5) is 5.69 Å². The Labute approximate surface area is 126 Å². The van der Waals surface area contributed by atoms with E-state index < -0.39 is 0 Å². The fraction of sp³-hybridized carbons (Fsp3) is 0.267. The number of hydrogen-bond acceptors (Lipinski definition) is 3. The van der Waals surface area contributed by atoms with Gasteiger partial charge in [0.25, 0.3) is 5.91 Å². The van der Waals surface area contributed by atoms with Crippen LogP contribution in [-0.4, -0.2) is 15.9 Å². The van der Waals surface area contributed by atoms with Crippen LogP contribution in [0.2, 0.25) is 0 Å². The number of hydrogen-bond donors (Lipinski definition) is 1. The Hall–Kier alpha value is -1.75. The van der Waals surface area contributed by atoms with Gasteiger partial charge in [-0.15, -0.1) is 0 Å². The van der Waals surface area contributed by atoms with Gasteiger partial charge in [0.05, 0.1) is 11.3 Å². The average Bonchev–Trinajstić information content (AvgIpc) is 2.38. The lowest BCUT2D eigenvalue weighted by atomic mass is 10.1. The maximum Gasteiger partial charge on any atom is 0.259 e. The second-order valence-corrected chi connectivity index (χ2v) is 5.76. The van der Waals surface area contributed by atoms with Crippen molar-refractivity contribution in [3.8, 4) is 0 Å². The number of anilines is 1. The molecule has 0 radical (unpaired) electrons. The molecule has 104 valence electrons. The van der Waals surface area contributed by atoms with Gasteiger partial charge in [-0.1, -0.05) is 35.8 Å². The number of aryl methyl sites for hydroxylation is 1. The fourth-order valence-electron chi connectivity index (χ4n) is 1.75. The van der Waals surface area contributed by atoms with Gasteiger partial charge in [0.2, 0.25) is 0 Å². The third kappa shape index (κ3) is 3.42. The lowest BCUT2D eigenvalue weighted by Gasteiger charge is -2.09. The largest absolute Gasteiger partial charge is 0.322 e. The highest BCUT2D eigenvalue weighted by atomic mass is 79.9. The molecule has 0 aliphatic rings. The number of aromatic nitrogens is 2. The number of nitrogens with one attached hydrogen (secondary N) is 1. The monoisotopic (exact) mass is 333 g/mol. The molecule has 0 bridgehead atoms. The zero-order valence-electron chi connectivity index (χ0n) is 11.6. The number of carbonyl (C=O) groups is 1. The van der Waals surface area contributed by atoms with Crippen LogP contribution in [-0.2, 0) is 0 Å². The number of carbonyl (C=O) groups excluding carboxylic acids is 1. The van der Waals surface area contributed by atoms with E-state index in [1.807, 2.05) is 45.0 Å². The van der Waals surface area contributed by atoms with E-state index >= 15 is 0 Å². The third-order valence-electron chi connectivity index (χ3n) is 2.84. The van der Waals surface area contributed by atoms with E-state index in [0.29, 0.717) is 11.3 Å². The molecule has 2 rings (SSSR count). The van der Waals surface area contributed by atoms with E-state index in [1.54, 1.807) is 6.20 Å². The van der Waals surface area contributed by atoms with Crippen molar-refractivity contribution in [2.24, 2.45) is 0 Å². The number of nitrogens with zero attached hydrogens (tertiary/aromatic N) is 2. The van der Waals surface area contributed by atoms with Gasteiger partial charge in [0, 0.05) is 22.3 Å². The molecule has 0 unspecified atom stereocenters. The topological polar surface area (TPSA) is 54.9 Å². The van der Waals surface area contributed by atoms with Gasteiger partial charge in [-0.05, 0) is 25.1 Å². The average molecular weight is 334 g/mol. The van der Waals surface area contributed by atoms with Crippen molar-refractivity contribution in [3.05, 3.63) is 52.0 Å². The SMILES string of the molecule is Cc1nc(C(C)C)ncc1C(=O)Nc1cccc(Br)c1. The van der Waals surface area contributed by atoms with Crippen molar-refractivity contribution in [1.82, 2.24) is 9.97 Å². The van der Waals surface area contributed by atoms with Crippen LogP contribution >= 0.6 is 15.9 Å². The Balaban J connectivity index is 2.21. The molecule has 0 aliphatic heterocycles. The van der Waals surface area contributed by atoms with Crippen molar-refractivity contribution in [3.63, 3.8) is 0 Å². The van der Waals surface area contributed by atoms with Gasteiger partial charge in [0.1, 0.15) is 5.82 Å². The maximum atomic E-state index is 12.2. The van der Waals surface area contributed by atoms with Gasteiger partial charge >= 0.3 is 0 Å². The first-order valence-electron chi connectivity index (χ1n) is 6.38. The van der Waals surface area contributed by atoms with Gasteiger partial charge in [-0.25, -0.2) is 9.97 Å². The van der Waals surface area contributed by atoms with Crippen molar-refractivity contribution in [2.45, 2.75) is 26.7 Å². The minimum absolute atomic E-state index is 0.198. The highest BCUT2D eigenvalue weighted by molar-refractivity contribution is 9.10. The molecule has 0 saturated carbocycles. The predicted octanol–water partition coefficient (Wildman–Crippen LogP) is 3.92. The van der Waals surface area contributed by atoms with E-state index in [-0.39, 0.29) is 11.8 Å². The maximum absolute atomic E-state index is 12.2. The van der Waals surface area contributed by atoms with Gasteiger partial charge < -0.3 is 5.32 Å².